The van der Waals surface area contributed by atoms with Crippen LogP contribution in [0.1, 0.15) is 27.2 Å². The summed E-state index contributed by atoms with van der Waals surface area (Å²) in [5.41, 5.74) is 5.90. The van der Waals surface area contributed by atoms with E-state index in [0.717, 1.165) is 33.3 Å². The van der Waals surface area contributed by atoms with Crippen molar-refractivity contribution < 1.29 is 9.53 Å². The zero-order valence-corrected chi connectivity index (χ0v) is 18.8. The molecular weight excluding hydrogens is 402 g/mol. The molecule has 4 rings (SSSR count). The van der Waals surface area contributed by atoms with Crippen molar-refractivity contribution in [1.29, 1.82) is 0 Å². The fourth-order valence-electron chi connectivity index (χ4n) is 3.83. The Hall–Kier alpha value is -3.93. The molecule has 0 aliphatic rings. The number of fused-ring (bicyclic) bond motifs is 1. The number of aromatic nitrogens is 2. The second kappa shape index (κ2) is 8.30. The number of amides is 1. The van der Waals surface area contributed by atoms with Gasteiger partial charge in [-0.05, 0) is 73.9 Å². The Kier molecular flexibility index (Phi) is 5.53. The maximum atomic E-state index is 13.2. The van der Waals surface area contributed by atoms with Crippen molar-refractivity contribution in [3.8, 4) is 16.9 Å². The van der Waals surface area contributed by atoms with E-state index in [4.69, 9.17) is 4.74 Å². The van der Waals surface area contributed by atoms with Gasteiger partial charge in [0.2, 0.25) is 0 Å². The second-order valence-corrected chi connectivity index (χ2v) is 7.99. The number of pyridine rings is 2. The minimum atomic E-state index is -0.275. The molecule has 0 spiro atoms. The van der Waals surface area contributed by atoms with Gasteiger partial charge in [0.1, 0.15) is 5.75 Å². The summed E-state index contributed by atoms with van der Waals surface area (Å²) in [5.74, 6) is 0.240. The minimum Gasteiger partial charge on any atom is -0.496 e. The van der Waals surface area contributed by atoms with Gasteiger partial charge < -0.3 is 14.6 Å². The molecule has 0 bridgehead atoms. The number of ether oxygens (including phenoxy) is 1. The molecule has 2 aromatic heterocycles. The summed E-state index contributed by atoms with van der Waals surface area (Å²) >= 11 is 0. The highest BCUT2D eigenvalue weighted by Gasteiger charge is 2.15. The summed E-state index contributed by atoms with van der Waals surface area (Å²) in [7, 11) is 3.31. The van der Waals surface area contributed by atoms with Crippen molar-refractivity contribution in [2.24, 2.45) is 7.05 Å². The Morgan fingerprint density at radius 2 is 1.78 bits per heavy atom. The predicted octanol–water partition coefficient (Wildman–Crippen LogP) is 4.79. The molecule has 0 saturated carbocycles. The smallest absolute Gasteiger partial charge is 0.259 e. The van der Waals surface area contributed by atoms with Crippen LogP contribution in [0.2, 0.25) is 0 Å². The molecule has 0 aliphatic heterocycles. The average Bonchev–Trinajstić information content (AvgIpc) is 2.77. The number of carbonyl (C=O) groups is 1. The lowest BCUT2D eigenvalue weighted by molar-refractivity contribution is 0.102. The highest BCUT2D eigenvalue weighted by Crippen LogP contribution is 2.28. The number of nitrogens with one attached hydrogen (secondary N) is 1. The van der Waals surface area contributed by atoms with Crippen LogP contribution in [0, 0.1) is 20.8 Å². The first kappa shape index (κ1) is 21.3. The molecule has 0 fully saturated rings. The first-order valence-corrected chi connectivity index (χ1v) is 10.3. The normalized spacial score (nSPS) is 10.9. The number of anilines is 1. The molecule has 6 heteroatoms. The van der Waals surface area contributed by atoms with Crippen LogP contribution < -0.4 is 15.6 Å². The zero-order valence-electron chi connectivity index (χ0n) is 18.8. The molecule has 4 aromatic rings. The molecule has 2 heterocycles. The summed E-state index contributed by atoms with van der Waals surface area (Å²) in [5, 5.41) is 3.81. The van der Waals surface area contributed by atoms with Gasteiger partial charge in [0.15, 0.2) is 0 Å². The van der Waals surface area contributed by atoms with Gasteiger partial charge in [0, 0.05) is 35.6 Å². The molecule has 0 unspecified atom stereocenters. The summed E-state index contributed by atoms with van der Waals surface area (Å²) in [6.07, 6.45) is 1.78. The largest absolute Gasteiger partial charge is 0.496 e. The molecular formula is C26H25N3O3. The van der Waals surface area contributed by atoms with Crippen LogP contribution >= 0.6 is 0 Å². The molecule has 162 valence electrons. The third kappa shape index (κ3) is 3.87. The zero-order chi connectivity index (χ0) is 23.0. The Labute approximate surface area is 186 Å². The number of benzene rings is 2. The maximum Gasteiger partial charge on any atom is 0.259 e. The van der Waals surface area contributed by atoms with E-state index in [2.05, 4.69) is 10.3 Å². The van der Waals surface area contributed by atoms with Crippen LogP contribution in [-0.4, -0.2) is 22.6 Å². The number of methoxy groups -OCH3 is 1. The van der Waals surface area contributed by atoms with Crippen molar-refractivity contribution >= 4 is 22.5 Å². The van der Waals surface area contributed by atoms with Gasteiger partial charge in [-0.3, -0.25) is 14.6 Å². The average molecular weight is 428 g/mol. The number of rotatable bonds is 4. The van der Waals surface area contributed by atoms with Gasteiger partial charge >= 0.3 is 0 Å². The van der Waals surface area contributed by atoms with E-state index in [1.165, 1.54) is 0 Å². The predicted molar refractivity (Wildman–Crippen MR) is 128 cm³/mol. The standard InChI is InChI=1S/C26H25N3O3/c1-15-6-9-20(24(10-15)32-5)25(30)28-19-8-7-16(2)21(13-19)22-12-18-14-27-17(3)11-23(18)29(4)26(22)31/h6-14H,1-5H3,(H,28,30). The van der Waals surface area contributed by atoms with Crippen molar-refractivity contribution in [1.82, 2.24) is 9.55 Å². The molecule has 0 aliphatic carbocycles. The van der Waals surface area contributed by atoms with Crippen molar-refractivity contribution in [3.63, 3.8) is 0 Å². The van der Waals surface area contributed by atoms with Gasteiger partial charge in [0.25, 0.3) is 11.5 Å². The van der Waals surface area contributed by atoms with Gasteiger partial charge in [-0.2, -0.15) is 0 Å². The topological polar surface area (TPSA) is 73.2 Å². The fraction of sp³-hybridized carbons (Fsp3) is 0.192. The van der Waals surface area contributed by atoms with Crippen LogP contribution in [-0.2, 0) is 7.05 Å². The quantitative estimate of drug-likeness (QED) is 0.508. The van der Waals surface area contributed by atoms with Gasteiger partial charge in [0.05, 0.1) is 18.2 Å². The van der Waals surface area contributed by atoms with Gasteiger partial charge in [-0.1, -0.05) is 12.1 Å². The Bertz CT molecular complexity index is 1420. The van der Waals surface area contributed by atoms with Gasteiger partial charge in [-0.25, -0.2) is 0 Å². The van der Waals surface area contributed by atoms with E-state index < -0.39 is 0 Å². The lowest BCUT2D eigenvalue weighted by atomic mass is 9.99. The van der Waals surface area contributed by atoms with Crippen LogP contribution in [0.5, 0.6) is 5.75 Å². The molecule has 0 atom stereocenters. The molecule has 1 N–H and O–H groups in total. The molecule has 2 aromatic carbocycles. The van der Waals surface area contributed by atoms with E-state index in [1.807, 2.05) is 63.2 Å². The molecule has 32 heavy (non-hydrogen) atoms. The second-order valence-electron chi connectivity index (χ2n) is 7.99. The van der Waals surface area contributed by atoms with E-state index >= 15 is 0 Å². The SMILES string of the molecule is COc1cc(C)ccc1C(=O)Nc1ccc(C)c(-c2cc3cnc(C)cc3n(C)c2=O)c1. The monoisotopic (exact) mass is 427 g/mol. The highest BCUT2D eigenvalue weighted by atomic mass is 16.5. The van der Waals surface area contributed by atoms with E-state index in [0.29, 0.717) is 22.6 Å². The first-order chi connectivity index (χ1) is 15.3. The number of nitrogens with zero attached hydrogens (tertiary/aromatic N) is 2. The molecule has 0 radical (unpaired) electrons. The number of carbonyl (C=O) groups excluding carboxylic acids is 1. The number of hydrogen-bond donors (Lipinski definition) is 1. The Morgan fingerprint density at radius 1 is 1.00 bits per heavy atom. The highest BCUT2D eigenvalue weighted by molar-refractivity contribution is 6.06. The van der Waals surface area contributed by atoms with E-state index in [1.54, 1.807) is 31.0 Å². The van der Waals surface area contributed by atoms with Crippen LogP contribution in [0.4, 0.5) is 5.69 Å². The molecule has 0 saturated heterocycles. The van der Waals surface area contributed by atoms with Crippen molar-refractivity contribution in [3.05, 3.63) is 87.5 Å². The number of hydrogen-bond acceptors (Lipinski definition) is 4. The summed E-state index contributed by atoms with van der Waals surface area (Å²) < 4.78 is 7.00. The number of aryl methyl sites for hydroxylation is 4. The maximum absolute atomic E-state index is 13.2. The van der Waals surface area contributed by atoms with Crippen LogP contribution in [0.3, 0.4) is 0 Å². The lowest BCUT2D eigenvalue weighted by Gasteiger charge is -2.14. The third-order valence-corrected chi connectivity index (χ3v) is 5.63. The Balaban J connectivity index is 1.76. The summed E-state index contributed by atoms with van der Waals surface area (Å²) in [4.78, 5) is 30.4. The van der Waals surface area contributed by atoms with Crippen molar-refractivity contribution in [2.75, 3.05) is 12.4 Å². The Morgan fingerprint density at radius 3 is 2.53 bits per heavy atom. The molecule has 6 nitrogen and oxygen atoms in total. The summed E-state index contributed by atoms with van der Waals surface area (Å²) in [6.45, 7) is 5.79. The minimum absolute atomic E-state index is 0.102. The third-order valence-electron chi connectivity index (χ3n) is 5.63. The van der Waals surface area contributed by atoms with Crippen molar-refractivity contribution in [2.45, 2.75) is 20.8 Å². The fourth-order valence-corrected chi connectivity index (χ4v) is 3.83. The van der Waals surface area contributed by atoms with Crippen LogP contribution in [0.15, 0.2) is 59.5 Å². The van der Waals surface area contributed by atoms with E-state index in [9.17, 15) is 9.59 Å². The first-order valence-electron chi connectivity index (χ1n) is 10.3. The van der Waals surface area contributed by atoms with Gasteiger partial charge in [-0.15, -0.1) is 0 Å². The molecule has 1 amide bonds. The van der Waals surface area contributed by atoms with E-state index in [-0.39, 0.29) is 11.5 Å². The summed E-state index contributed by atoms with van der Waals surface area (Å²) in [6, 6.07) is 14.8. The lowest BCUT2D eigenvalue weighted by Crippen LogP contribution is -2.19. The van der Waals surface area contributed by atoms with Crippen LogP contribution in [0.25, 0.3) is 22.0 Å².